The van der Waals surface area contributed by atoms with E-state index in [0.29, 0.717) is 16.9 Å². The van der Waals surface area contributed by atoms with Gasteiger partial charge in [-0.05, 0) is 42.3 Å². The number of urea groups is 1. The van der Waals surface area contributed by atoms with Crippen LogP contribution in [0.5, 0.6) is 5.75 Å². The first-order chi connectivity index (χ1) is 12.9. The molecule has 0 saturated carbocycles. The molecular formula is C20H20N2O5. The Morgan fingerprint density at radius 2 is 1.67 bits per heavy atom. The summed E-state index contributed by atoms with van der Waals surface area (Å²) in [5.74, 6) is -0.111. The van der Waals surface area contributed by atoms with Gasteiger partial charge in [0.2, 0.25) is 0 Å². The molecule has 7 heteroatoms. The second-order valence-electron chi connectivity index (χ2n) is 6.36. The van der Waals surface area contributed by atoms with Gasteiger partial charge in [0.05, 0.1) is 26.3 Å². The Bertz CT molecular complexity index is 876. The van der Waals surface area contributed by atoms with Crippen LogP contribution in [0.1, 0.15) is 28.4 Å². The van der Waals surface area contributed by atoms with Gasteiger partial charge in [-0.1, -0.05) is 24.3 Å². The molecule has 0 aromatic heterocycles. The second kappa shape index (κ2) is 7.11. The first-order valence-electron chi connectivity index (χ1n) is 8.35. The molecule has 1 N–H and O–H groups in total. The van der Waals surface area contributed by atoms with Gasteiger partial charge in [0.15, 0.2) is 0 Å². The number of methoxy groups -OCH3 is 2. The fourth-order valence-corrected chi connectivity index (χ4v) is 3.01. The maximum atomic E-state index is 13.0. The monoisotopic (exact) mass is 368 g/mol. The molecule has 2 aromatic rings. The number of imide groups is 1. The van der Waals surface area contributed by atoms with Crippen LogP contribution in [0.25, 0.3) is 0 Å². The Balaban J connectivity index is 1.80. The molecule has 0 bridgehead atoms. The molecule has 27 heavy (non-hydrogen) atoms. The molecule has 0 radical (unpaired) electrons. The number of hydrogen-bond acceptors (Lipinski definition) is 5. The number of rotatable bonds is 5. The number of nitrogens with zero attached hydrogens (tertiary/aromatic N) is 1. The van der Waals surface area contributed by atoms with Crippen molar-refractivity contribution in [3.05, 3.63) is 65.2 Å². The number of carbonyl (C=O) groups excluding carboxylic acids is 3. The molecule has 1 fully saturated rings. The fourth-order valence-electron chi connectivity index (χ4n) is 3.01. The third-order valence-electron chi connectivity index (χ3n) is 4.66. The molecule has 7 nitrogen and oxygen atoms in total. The van der Waals surface area contributed by atoms with E-state index >= 15 is 0 Å². The lowest BCUT2D eigenvalue weighted by atomic mass is 9.92. The van der Waals surface area contributed by atoms with Gasteiger partial charge in [0, 0.05) is 0 Å². The maximum Gasteiger partial charge on any atom is 0.337 e. The second-order valence-corrected chi connectivity index (χ2v) is 6.36. The van der Waals surface area contributed by atoms with Crippen LogP contribution in [0.3, 0.4) is 0 Å². The topological polar surface area (TPSA) is 84.9 Å². The average Bonchev–Trinajstić information content (AvgIpc) is 2.92. The minimum atomic E-state index is -1.14. The summed E-state index contributed by atoms with van der Waals surface area (Å²) in [6, 6.07) is 13.1. The molecule has 3 amide bonds. The predicted molar refractivity (Wildman–Crippen MR) is 97.2 cm³/mol. The van der Waals surface area contributed by atoms with Crippen LogP contribution < -0.4 is 10.1 Å². The smallest absolute Gasteiger partial charge is 0.337 e. The van der Waals surface area contributed by atoms with Gasteiger partial charge in [0.1, 0.15) is 11.3 Å². The number of esters is 1. The summed E-state index contributed by atoms with van der Waals surface area (Å²) in [5.41, 5.74) is 0.659. The van der Waals surface area contributed by atoms with E-state index in [1.54, 1.807) is 62.6 Å². The minimum Gasteiger partial charge on any atom is -0.497 e. The highest BCUT2D eigenvalue weighted by atomic mass is 16.5. The Hall–Kier alpha value is -3.35. The van der Waals surface area contributed by atoms with Crippen molar-refractivity contribution in [1.29, 1.82) is 0 Å². The Morgan fingerprint density at radius 3 is 2.22 bits per heavy atom. The van der Waals surface area contributed by atoms with Crippen LogP contribution in [0.4, 0.5) is 4.79 Å². The van der Waals surface area contributed by atoms with E-state index in [2.05, 4.69) is 10.1 Å². The van der Waals surface area contributed by atoms with Crippen molar-refractivity contribution >= 4 is 17.9 Å². The standard InChI is InChI=1S/C20H20N2O5/c1-20(15-8-10-16(26-2)11-9-15)18(24)22(19(25)21-20)12-13-4-6-14(7-5-13)17(23)27-3/h4-11H,12H2,1-3H3,(H,21,25). The number of amides is 3. The van der Waals surface area contributed by atoms with Crippen molar-refractivity contribution in [1.82, 2.24) is 10.2 Å². The number of benzene rings is 2. The highest BCUT2D eigenvalue weighted by Gasteiger charge is 2.48. The molecule has 1 aliphatic rings. The van der Waals surface area contributed by atoms with Crippen molar-refractivity contribution in [3.63, 3.8) is 0 Å². The number of carbonyl (C=O) groups is 3. The Kier molecular flexibility index (Phi) is 4.85. The van der Waals surface area contributed by atoms with Gasteiger partial charge in [-0.3, -0.25) is 9.69 Å². The molecule has 3 rings (SSSR count). The van der Waals surface area contributed by atoms with Crippen LogP contribution in [0, 0.1) is 0 Å². The van der Waals surface area contributed by atoms with Crippen molar-refractivity contribution in [3.8, 4) is 5.75 Å². The van der Waals surface area contributed by atoms with E-state index in [1.807, 2.05) is 0 Å². The van der Waals surface area contributed by atoms with E-state index in [4.69, 9.17) is 4.74 Å². The number of nitrogens with one attached hydrogen (secondary N) is 1. The molecule has 1 unspecified atom stereocenters. The van der Waals surface area contributed by atoms with Crippen molar-refractivity contribution in [2.75, 3.05) is 14.2 Å². The van der Waals surface area contributed by atoms with Crippen LogP contribution in [0.15, 0.2) is 48.5 Å². The van der Waals surface area contributed by atoms with Crippen LogP contribution in [0.2, 0.25) is 0 Å². The fraction of sp³-hybridized carbons (Fsp3) is 0.250. The largest absolute Gasteiger partial charge is 0.497 e. The Labute approximate surface area is 156 Å². The van der Waals surface area contributed by atoms with Crippen molar-refractivity contribution in [2.45, 2.75) is 19.0 Å². The number of hydrogen-bond donors (Lipinski definition) is 1. The van der Waals surface area contributed by atoms with Gasteiger partial charge >= 0.3 is 12.0 Å². The van der Waals surface area contributed by atoms with E-state index in [1.165, 1.54) is 7.11 Å². The molecule has 2 aromatic carbocycles. The highest BCUT2D eigenvalue weighted by molar-refractivity contribution is 6.07. The minimum absolute atomic E-state index is 0.109. The lowest BCUT2D eigenvalue weighted by molar-refractivity contribution is -0.131. The van der Waals surface area contributed by atoms with E-state index in [0.717, 1.165) is 10.5 Å². The summed E-state index contributed by atoms with van der Waals surface area (Å²) in [7, 11) is 2.87. The summed E-state index contributed by atoms with van der Waals surface area (Å²) in [4.78, 5) is 38.0. The van der Waals surface area contributed by atoms with Gasteiger partial charge in [-0.2, -0.15) is 0 Å². The normalized spacial score (nSPS) is 19.0. The van der Waals surface area contributed by atoms with Gasteiger partial charge < -0.3 is 14.8 Å². The van der Waals surface area contributed by atoms with Gasteiger partial charge in [-0.15, -0.1) is 0 Å². The molecule has 0 aliphatic carbocycles. The van der Waals surface area contributed by atoms with E-state index in [-0.39, 0.29) is 12.5 Å². The Morgan fingerprint density at radius 1 is 1.04 bits per heavy atom. The first-order valence-corrected chi connectivity index (χ1v) is 8.35. The summed E-state index contributed by atoms with van der Waals surface area (Å²) < 4.78 is 9.79. The molecule has 0 spiro atoms. The van der Waals surface area contributed by atoms with Crippen LogP contribution in [-0.2, 0) is 21.6 Å². The predicted octanol–water partition coefficient (Wildman–Crippen LogP) is 2.45. The maximum absolute atomic E-state index is 13.0. The van der Waals surface area contributed by atoms with E-state index < -0.39 is 17.5 Å². The molecule has 1 aliphatic heterocycles. The molecule has 1 saturated heterocycles. The molecule has 140 valence electrons. The molecular weight excluding hydrogens is 348 g/mol. The quantitative estimate of drug-likeness (QED) is 0.647. The lowest BCUT2D eigenvalue weighted by Crippen LogP contribution is -2.40. The SMILES string of the molecule is COC(=O)c1ccc(CN2C(=O)NC(C)(c3ccc(OC)cc3)C2=O)cc1. The number of ether oxygens (including phenoxy) is 2. The average molecular weight is 368 g/mol. The lowest BCUT2D eigenvalue weighted by Gasteiger charge is -2.22. The zero-order valence-corrected chi connectivity index (χ0v) is 15.3. The first kappa shape index (κ1) is 18.4. The third kappa shape index (κ3) is 3.36. The molecule has 1 atom stereocenters. The van der Waals surface area contributed by atoms with E-state index in [9.17, 15) is 14.4 Å². The van der Waals surface area contributed by atoms with Gasteiger partial charge in [-0.25, -0.2) is 9.59 Å². The van der Waals surface area contributed by atoms with Gasteiger partial charge in [0.25, 0.3) is 5.91 Å². The van der Waals surface area contributed by atoms with Crippen molar-refractivity contribution < 1.29 is 23.9 Å². The van der Waals surface area contributed by atoms with Crippen LogP contribution in [-0.4, -0.2) is 37.0 Å². The highest BCUT2D eigenvalue weighted by Crippen LogP contribution is 2.30. The third-order valence-corrected chi connectivity index (χ3v) is 4.66. The summed E-state index contributed by atoms with van der Waals surface area (Å²) >= 11 is 0. The zero-order valence-electron chi connectivity index (χ0n) is 15.3. The van der Waals surface area contributed by atoms with Crippen LogP contribution >= 0.6 is 0 Å². The molecule has 1 heterocycles. The zero-order chi connectivity index (χ0) is 19.6. The summed E-state index contributed by atoms with van der Waals surface area (Å²) in [6.07, 6.45) is 0. The van der Waals surface area contributed by atoms with Crippen molar-refractivity contribution in [2.24, 2.45) is 0 Å². The summed E-state index contributed by atoms with van der Waals surface area (Å²) in [6.45, 7) is 1.78. The summed E-state index contributed by atoms with van der Waals surface area (Å²) in [5, 5.41) is 2.77.